The number of fused-ring (bicyclic) bond motifs is 4. The molecule has 2 aromatic rings. The summed E-state index contributed by atoms with van der Waals surface area (Å²) in [5.41, 5.74) is 4.88. The maximum atomic E-state index is 15.2. The van der Waals surface area contributed by atoms with Gasteiger partial charge in [-0.25, -0.2) is 0 Å². The Bertz CT molecular complexity index is 1830. The maximum Gasteiger partial charge on any atom is 0.246 e. The molecule has 2 aromatic carbocycles. The van der Waals surface area contributed by atoms with Gasteiger partial charge in [0.2, 0.25) is 17.7 Å². The summed E-state index contributed by atoms with van der Waals surface area (Å²) in [6.45, 7) is 7.13. The molecule has 7 rings (SSSR count). The molecule has 14 heteroatoms. The van der Waals surface area contributed by atoms with E-state index in [1.807, 2.05) is 4.90 Å². The summed E-state index contributed by atoms with van der Waals surface area (Å²) in [5, 5.41) is 0. The number of alkyl halides is 2. The highest BCUT2D eigenvalue weighted by molar-refractivity contribution is 6.18. The number of nitrogens with zero attached hydrogens (tertiary/aromatic N) is 5. The lowest BCUT2D eigenvalue weighted by Crippen LogP contribution is -2.55. The molecule has 12 nitrogen and oxygen atoms in total. The van der Waals surface area contributed by atoms with Gasteiger partial charge in [-0.15, -0.1) is 23.2 Å². The van der Waals surface area contributed by atoms with Gasteiger partial charge in [0, 0.05) is 63.6 Å². The average molecular weight is 857 g/mol. The minimum absolute atomic E-state index is 0.00196. The summed E-state index contributed by atoms with van der Waals surface area (Å²) < 4.78 is 23.1. The number of hydrogen-bond acceptors (Lipinski definition) is 9. The van der Waals surface area contributed by atoms with E-state index in [4.69, 9.17) is 42.1 Å². The molecule has 5 aliphatic heterocycles. The molecule has 0 spiro atoms. The summed E-state index contributed by atoms with van der Waals surface area (Å²) >= 11 is 12.0. The molecule has 0 aromatic heterocycles. The molecule has 0 N–H and O–H groups in total. The van der Waals surface area contributed by atoms with Crippen molar-refractivity contribution in [1.82, 2.24) is 24.5 Å². The minimum atomic E-state index is -0.579. The van der Waals surface area contributed by atoms with E-state index in [2.05, 4.69) is 41.0 Å². The molecule has 5 aliphatic rings. The van der Waals surface area contributed by atoms with Gasteiger partial charge in [0.1, 0.15) is 12.1 Å². The third-order valence-corrected chi connectivity index (χ3v) is 14.3. The number of methoxy groups -OCH3 is 4. The summed E-state index contributed by atoms with van der Waals surface area (Å²) in [4.78, 5) is 53.5. The molecule has 0 bridgehead atoms. The molecule has 3 fully saturated rings. The molecule has 0 radical (unpaired) electrons. The lowest BCUT2D eigenvalue weighted by Gasteiger charge is -2.49. The van der Waals surface area contributed by atoms with E-state index in [0.717, 1.165) is 68.7 Å². The fourth-order valence-electron chi connectivity index (χ4n) is 10.9. The van der Waals surface area contributed by atoms with Crippen molar-refractivity contribution in [2.75, 3.05) is 92.6 Å². The molecular formula is C45H63Cl2N5O7. The zero-order chi connectivity index (χ0) is 41.8. The number of amides is 3. The minimum Gasteiger partial charge on any atom is -0.493 e. The number of hydrogen-bond donors (Lipinski definition) is 0. The summed E-state index contributed by atoms with van der Waals surface area (Å²) in [5.74, 6) is 4.21. The van der Waals surface area contributed by atoms with Crippen LogP contribution in [0.4, 0.5) is 0 Å². The van der Waals surface area contributed by atoms with Crippen LogP contribution in [0.15, 0.2) is 24.3 Å². The Balaban J connectivity index is 1.17. The molecule has 0 aliphatic carbocycles. The normalized spacial score (nSPS) is 25.4. The Labute approximate surface area is 360 Å². The lowest BCUT2D eigenvalue weighted by atomic mass is 9.72. The summed E-state index contributed by atoms with van der Waals surface area (Å²) in [6.07, 6.45) is 7.15. The van der Waals surface area contributed by atoms with E-state index < -0.39 is 12.1 Å². The van der Waals surface area contributed by atoms with Crippen LogP contribution < -0.4 is 18.9 Å². The second-order valence-electron chi connectivity index (χ2n) is 16.9. The van der Waals surface area contributed by atoms with Gasteiger partial charge in [-0.3, -0.25) is 24.2 Å². The number of halogens is 2. The largest absolute Gasteiger partial charge is 0.493 e. The van der Waals surface area contributed by atoms with Crippen molar-refractivity contribution in [2.24, 2.45) is 11.8 Å². The van der Waals surface area contributed by atoms with Crippen LogP contribution in [0.5, 0.6) is 23.0 Å². The number of ether oxygens (including phenoxy) is 4. The van der Waals surface area contributed by atoms with Crippen LogP contribution in [0.3, 0.4) is 0 Å². The molecular weight excluding hydrogens is 793 g/mol. The number of benzene rings is 2. The van der Waals surface area contributed by atoms with Crippen molar-refractivity contribution < 1.29 is 33.3 Å². The van der Waals surface area contributed by atoms with Gasteiger partial charge in [0.05, 0.1) is 41.0 Å². The van der Waals surface area contributed by atoms with E-state index in [-0.39, 0.29) is 36.3 Å². The Hall–Kier alpha value is -3.45. The highest BCUT2D eigenvalue weighted by atomic mass is 35.5. The van der Waals surface area contributed by atoms with E-state index in [9.17, 15) is 9.59 Å². The Morgan fingerprint density at radius 2 is 1.24 bits per heavy atom. The van der Waals surface area contributed by atoms with Gasteiger partial charge in [-0.05, 0) is 110 Å². The molecule has 0 saturated carbocycles. The smallest absolute Gasteiger partial charge is 0.246 e. The molecule has 3 saturated heterocycles. The van der Waals surface area contributed by atoms with Crippen LogP contribution in [0.1, 0.15) is 86.2 Å². The van der Waals surface area contributed by atoms with Crippen LogP contribution in [0.2, 0.25) is 0 Å². The van der Waals surface area contributed by atoms with E-state index >= 15 is 4.79 Å². The second-order valence-corrected chi connectivity index (χ2v) is 17.6. The molecule has 5 heterocycles. The van der Waals surface area contributed by atoms with Crippen LogP contribution in [-0.4, -0.2) is 147 Å². The summed E-state index contributed by atoms with van der Waals surface area (Å²) in [7, 11) is 6.70. The molecule has 4 unspecified atom stereocenters. The second kappa shape index (κ2) is 19.5. The first-order valence-corrected chi connectivity index (χ1v) is 22.7. The standard InChI is InChI=1S/C45H63Cl2N5O7/c1-6-29-27-49-17-11-30-23-39(56-2)41(58-4)25-33(30)37(49)21-32(29)22-38-34-26-42(59-5)40(57-3)24-31(34)12-18-52(38)45(55)36-10-8-16-51(36)44(54)35-9-7-15-50(35)43(53)28-48(19-13-46)20-14-47/h23-26,29,32,35-38H,6-22,27-28H2,1-5H3/t29?,32?,35-,36-,37?,38?/m0/s1. The van der Waals surface area contributed by atoms with Gasteiger partial charge in [-0.2, -0.15) is 0 Å². The first-order chi connectivity index (χ1) is 28.7. The quantitative estimate of drug-likeness (QED) is 0.202. The SMILES string of the molecule is CCC1CN2CCc3cc(OC)c(OC)cc3C2CC1CC1c2cc(OC)c(OC)cc2CCN1C(=O)[C@@H]1CCCN1C(=O)[C@@H]1CCCN1C(=O)CN(CCCl)CCCl. The number of rotatable bonds is 15. The highest BCUT2D eigenvalue weighted by Crippen LogP contribution is 2.49. The number of piperidine rings is 1. The number of likely N-dealkylation sites (tertiary alicyclic amines) is 2. The molecule has 3 amide bonds. The fraction of sp³-hybridized carbons (Fsp3) is 0.667. The van der Waals surface area contributed by atoms with Crippen LogP contribution >= 0.6 is 23.2 Å². The predicted octanol–water partition coefficient (Wildman–Crippen LogP) is 5.94. The van der Waals surface area contributed by atoms with Gasteiger partial charge in [0.15, 0.2) is 23.0 Å². The molecule has 59 heavy (non-hydrogen) atoms. The Kier molecular flexibility index (Phi) is 14.4. The predicted molar refractivity (Wildman–Crippen MR) is 229 cm³/mol. The van der Waals surface area contributed by atoms with Crippen molar-refractivity contribution >= 4 is 40.9 Å². The van der Waals surface area contributed by atoms with Crippen molar-refractivity contribution in [1.29, 1.82) is 0 Å². The van der Waals surface area contributed by atoms with Crippen molar-refractivity contribution in [3.05, 3.63) is 46.5 Å². The lowest BCUT2D eigenvalue weighted by molar-refractivity contribution is -0.150. The average Bonchev–Trinajstić information content (AvgIpc) is 3.96. The fourth-order valence-corrected chi connectivity index (χ4v) is 11.3. The van der Waals surface area contributed by atoms with Crippen LogP contribution in [0, 0.1) is 11.8 Å². The first kappa shape index (κ1) is 43.6. The topological polar surface area (TPSA) is 104 Å². The van der Waals surface area contributed by atoms with E-state index in [1.54, 1.807) is 38.2 Å². The number of carbonyl (C=O) groups excluding carboxylic acids is 3. The van der Waals surface area contributed by atoms with Crippen LogP contribution in [0.25, 0.3) is 0 Å². The molecule has 324 valence electrons. The Morgan fingerprint density at radius 3 is 1.85 bits per heavy atom. The first-order valence-electron chi connectivity index (χ1n) is 21.7. The van der Waals surface area contributed by atoms with Gasteiger partial charge in [0.25, 0.3) is 0 Å². The van der Waals surface area contributed by atoms with Crippen molar-refractivity contribution in [2.45, 2.75) is 88.9 Å². The van der Waals surface area contributed by atoms with Crippen molar-refractivity contribution in [3.63, 3.8) is 0 Å². The van der Waals surface area contributed by atoms with Gasteiger partial charge >= 0.3 is 0 Å². The monoisotopic (exact) mass is 855 g/mol. The van der Waals surface area contributed by atoms with Gasteiger partial charge < -0.3 is 33.6 Å². The van der Waals surface area contributed by atoms with Crippen molar-refractivity contribution in [3.8, 4) is 23.0 Å². The van der Waals surface area contributed by atoms with E-state index in [1.165, 1.54) is 16.7 Å². The molecule has 6 atom stereocenters. The Morgan fingerprint density at radius 1 is 0.695 bits per heavy atom. The zero-order valence-corrected chi connectivity index (χ0v) is 37.1. The van der Waals surface area contributed by atoms with Crippen LogP contribution in [-0.2, 0) is 27.2 Å². The highest BCUT2D eigenvalue weighted by Gasteiger charge is 2.47. The number of carbonyl (C=O) groups is 3. The van der Waals surface area contributed by atoms with E-state index in [0.29, 0.717) is 87.1 Å². The summed E-state index contributed by atoms with van der Waals surface area (Å²) in [6, 6.07) is 7.37. The third kappa shape index (κ3) is 8.84. The maximum absolute atomic E-state index is 15.2. The third-order valence-electron chi connectivity index (χ3n) is 14.0. The zero-order valence-electron chi connectivity index (χ0n) is 35.6. The van der Waals surface area contributed by atoms with Gasteiger partial charge in [-0.1, -0.05) is 13.3 Å².